The van der Waals surface area contributed by atoms with Crippen molar-refractivity contribution in [3.8, 4) is 6.07 Å². The Morgan fingerprint density at radius 2 is 2.31 bits per heavy atom. The van der Waals surface area contributed by atoms with Gasteiger partial charge in [0.25, 0.3) is 0 Å². The third kappa shape index (κ3) is 1.65. The maximum Gasteiger partial charge on any atom is 0.0643 e. The van der Waals surface area contributed by atoms with E-state index in [-0.39, 0.29) is 0 Å². The summed E-state index contributed by atoms with van der Waals surface area (Å²) in [6, 6.07) is 10.9. The van der Waals surface area contributed by atoms with Gasteiger partial charge in [-0.3, -0.25) is 0 Å². The van der Waals surface area contributed by atoms with E-state index in [9.17, 15) is 0 Å². The minimum atomic E-state index is 0.347. The van der Waals surface area contributed by atoms with Gasteiger partial charge in [0.15, 0.2) is 0 Å². The number of benzene rings is 1. The molecule has 2 rings (SSSR count). The average molecular weight is 172 g/mol. The van der Waals surface area contributed by atoms with Crippen molar-refractivity contribution in [2.75, 3.05) is 5.32 Å². The number of rotatable bonds is 1. The molecule has 1 atom stereocenters. The fraction of sp³-hybridized carbons (Fsp3) is 0.364. The molecule has 1 heterocycles. The average Bonchev–Trinajstić information content (AvgIpc) is 2.18. The Hall–Kier alpha value is -1.49. The summed E-state index contributed by atoms with van der Waals surface area (Å²) >= 11 is 0. The quantitative estimate of drug-likeness (QED) is 0.705. The molecule has 0 aliphatic carbocycles. The molecule has 1 aromatic carbocycles. The zero-order valence-electron chi connectivity index (χ0n) is 7.46. The number of fused-ring (bicyclic) bond motifs is 1. The van der Waals surface area contributed by atoms with Crippen LogP contribution in [0, 0.1) is 11.3 Å². The molecule has 1 aliphatic rings. The third-order valence-corrected chi connectivity index (χ3v) is 2.48. The molecule has 0 aromatic heterocycles. The molecule has 13 heavy (non-hydrogen) atoms. The fourth-order valence-corrected chi connectivity index (χ4v) is 1.76. The van der Waals surface area contributed by atoms with Gasteiger partial charge in [0.1, 0.15) is 0 Å². The minimum absolute atomic E-state index is 0.347. The van der Waals surface area contributed by atoms with Gasteiger partial charge in [-0.2, -0.15) is 5.26 Å². The molecule has 1 aliphatic heterocycles. The first-order chi connectivity index (χ1) is 6.40. The van der Waals surface area contributed by atoms with Crippen molar-refractivity contribution in [3.05, 3.63) is 29.8 Å². The van der Waals surface area contributed by atoms with Crippen LogP contribution in [0.5, 0.6) is 0 Å². The lowest BCUT2D eigenvalue weighted by molar-refractivity contribution is 0.643. The Bertz CT molecular complexity index is 338. The summed E-state index contributed by atoms with van der Waals surface area (Å²) in [5.74, 6) is 0. The van der Waals surface area contributed by atoms with Crippen LogP contribution in [0.1, 0.15) is 18.4 Å². The first kappa shape index (κ1) is 8.12. The Kier molecular flexibility index (Phi) is 2.18. The number of anilines is 1. The second-order valence-electron chi connectivity index (χ2n) is 3.40. The predicted molar refractivity (Wildman–Crippen MR) is 52.4 cm³/mol. The van der Waals surface area contributed by atoms with Gasteiger partial charge in [-0.05, 0) is 24.5 Å². The third-order valence-electron chi connectivity index (χ3n) is 2.48. The van der Waals surface area contributed by atoms with Gasteiger partial charge in [0.05, 0.1) is 12.5 Å². The van der Waals surface area contributed by atoms with Crippen molar-refractivity contribution in [1.82, 2.24) is 0 Å². The van der Waals surface area contributed by atoms with Crippen LogP contribution in [0.15, 0.2) is 24.3 Å². The molecule has 0 amide bonds. The zero-order chi connectivity index (χ0) is 9.10. The topological polar surface area (TPSA) is 35.8 Å². The summed E-state index contributed by atoms with van der Waals surface area (Å²) in [7, 11) is 0. The van der Waals surface area contributed by atoms with E-state index in [2.05, 4.69) is 29.6 Å². The number of para-hydroxylation sites is 1. The highest BCUT2D eigenvalue weighted by atomic mass is 14.9. The van der Waals surface area contributed by atoms with Crippen molar-refractivity contribution >= 4 is 5.69 Å². The highest BCUT2D eigenvalue weighted by Crippen LogP contribution is 2.24. The van der Waals surface area contributed by atoms with Crippen LogP contribution in [-0.2, 0) is 6.42 Å². The van der Waals surface area contributed by atoms with Crippen molar-refractivity contribution < 1.29 is 0 Å². The Labute approximate surface area is 78.2 Å². The molecule has 0 saturated heterocycles. The SMILES string of the molecule is N#CC[C@@H]1CCc2ccccc2N1. The summed E-state index contributed by atoms with van der Waals surface area (Å²) in [5.41, 5.74) is 2.57. The van der Waals surface area contributed by atoms with Crippen LogP contribution in [0.25, 0.3) is 0 Å². The van der Waals surface area contributed by atoms with Crippen LogP contribution in [-0.4, -0.2) is 6.04 Å². The zero-order valence-corrected chi connectivity index (χ0v) is 7.46. The Morgan fingerprint density at radius 1 is 1.46 bits per heavy atom. The minimum Gasteiger partial charge on any atom is -0.381 e. The van der Waals surface area contributed by atoms with E-state index >= 15 is 0 Å². The van der Waals surface area contributed by atoms with Gasteiger partial charge in [-0.1, -0.05) is 18.2 Å². The van der Waals surface area contributed by atoms with E-state index in [1.165, 1.54) is 11.3 Å². The maximum atomic E-state index is 8.58. The summed E-state index contributed by atoms with van der Waals surface area (Å²) in [4.78, 5) is 0. The van der Waals surface area contributed by atoms with E-state index in [0.717, 1.165) is 12.8 Å². The molecule has 0 spiro atoms. The van der Waals surface area contributed by atoms with Crippen molar-refractivity contribution in [2.45, 2.75) is 25.3 Å². The lowest BCUT2D eigenvalue weighted by Crippen LogP contribution is -2.24. The van der Waals surface area contributed by atoms with Crippen molar-refractivity contribution in [3.63, 3.8) is 0 Å². The normalized spacial score (nSPS) is 19.8. The number of hydrogen-bond acceptors (Lipinski definition) is 2. The summed E-state index contributed by atoms with van der Waals surface area (Å²) < 4.78 is 0. The number of hydrogen-bond donors (Lipinski definition) is 1. The first-order valence-electron chi connectivity index (χ1n) is 4.61. The van der Waals surface area contributed by atoms with E-state index in [0.29, 0.717) is 12.5 Å². The van der Waals surface area contributed by atoms with E-state index in [1.54, 1.807) is 0 Å². The molecule has 1 N–H and O–H groups in total. The lowest BCUT2D eigenvalue weighted by Gasteiger charge is -2.24. The van der Waals surface area contributed by atoms with Crippen LogP contribution >= 0.6 is 0 Å². The summed E-state index contributed by atoms with van der Waals surface area (Å²) in [6.07, 6.45) is 2.77. The smallest absolute Gasteiger partial charge is 0.0643 e. The molecule has 0 unspecified atom stereocenters. The van der Waals surface area contributed by atoms with Crippen LogP contribution in [0.3, 0.4) is 0 Å². The lowest BCUT2D eigenvalue weighted by atomic mass is 9.97. The largest absolute Gasteiger partial charge is 0.381 e. The fourth-order valence-electron chi connectivity index (χ4n) is 1.76. The van der Waals surface area contributed by atoms with Gasteiger partial charge in [0.2, 0.25) is 0 Å². The van der Waals surface area contributed by atoms with Gasteiger partial charge >= 0.3 is 0 Å². The molecule has 1 aromatic rings. The molecule has 2 heteroatoms. The maximum absolute atomic E-state index is 8.58. The molecule has 66 valence electrons. The molecular formula is C11H12N2. The molecule has 0 fully saturated rings. The van der Waals surface area contributed by atoms with Crippen molar-refractivity contribution in [2.24, 2.45) is 0 Å². The van der Waals surface area contributed by atoms with Gasteiger partial charge in [-0.15, -0.1) is 0 Å². The van der Waals surface area contributed by atoms with E-state index in [4.69, 9.17) is 5.26 Å². The predicted octanol–water partition coefficient (Wildman–Crippen LogP) is 2.33. The highest BCUT2D eigenvalue weighted by molar-refractivity contribution is 5.53. The summed E-state index contributed by atoms with van der Waals surface area (Å²) in [6.45, 7) is 0. The standard InChI is InChI=1S/C11H12N2/c12-8-7-10-6-5-9-3-1-2-4-11(9)13-10/h1-4,10,13H,5-7H2/t10-/m0/s1. The number of nitrogens with one attached hydrogen (secondary N) is 1. The molecule has 2 nitrogen and oxygen atoms in total. The second-order valence-corrected chi connectivity index (χ2v) is 3.40. The highest BCUT2D eigenvalue weighted by Gasteiger charge is 2.15. The molecule has 0 bridgehead atoms. The van der Waals surface area contributed by atoms with E-state index in [1.807, 2.05) is 6.07 Å². The molecular weight excluding hydrogens is 160 g/mol. The van der Waals surface area contributed by atoms with Gasteiger partial charge in [0, 0.05) is 11.7 Å². The number of nitrogens with zero attached hydrogens (tertiary/aromatic N) is 1. The number of nitriles is 1. The van der Waals surface area contributed by atoms with Gasteiger partial charge < -0.3 is 5.32 Å². The van der Waals surface area contributed by atoms with E-state index < -0.39 is 0 Å². The van der Waals surface area contributed by atoms with Crippen LogP contribution in [0.2, 0.25) is 0 Å². The van der Waals surface area contributed by atoms with Crippen LogP contribution in [0.4, 0.5) is 5.69 Å². The van der Waals surface area contributed by atoms with Crippen molar-refractivity contribution in [1.29, 1.82) is 5.26 Å². The number of aryl methyl sites for hydroxylation is 1. The molecule has 0 radical (unpaired) electrons. The molecule has 0 saturated carbocycles. The van der Waals surface area contributed by atoms with Crippen LogP contribution < -0.4 is 5.32 Å². The second kappa shape index (κ2) is 3.49. The first-order valence-corrected chi connectivity index (χ1v) is 4.61. The van der Waals surface area contributed by atoms with Gasteiger partial charge in [-0.25, -0.2) is 0 Å². The Balaban J connectivity index is 2.16. The monoisotopic (exact) mass is 172 g/mol. The Morgan fingerprint density at radius 3 is 3.15 bits per heavy atom. The summed E-state index contributed by atoms with van der Waals surface area (Å²) in [5, 5.41) is 12.0.